The number of hydrogen-bond acceptors (Lipinski definition) is 4. The van der Waals surface area contributed by atoms with Crippen molar-refractivity contribution in [3.8, 4) is 17.2 Å². The van der Waals surface area contributed by atoms with Crippen molar-refractivity contribution in [2.75, 3.05) is 0 Å². The Labute approximate surface area is 168 Å². The van der Waals surface area contributed by atoms with Crippen LogP contribution in [0, 0.1) is 0 Å². The third kappa shape index (κ3) is 6.84. The Morgan fingerprint density at radius 2 is 1.46 bits per heavy atom. The van der Waals surface area contributed by atoms with Crippen LogP contribution >= 0.6 is 0 Å². The number of aromatic hydroxyl groups is 1. The number of phenolic OH excluding ortho intramolecular Hbond substituents is 1. The van der Waals surface area contributed by atoms with Crippen molar-refractivity contribution in [2.45, 2.75) is 69.6 Å². The van der Waals surface area contributed by atoms with Crippen molar-refractivity contribution in [2.24, 2.45) is 0 Å². The number of aryl methyl sites for hydroxylation is 1. The number of para-hydroxylation sites is 1. The van der Waals surface area contributed by atoms with E-state index in [1.54, 1.807) is 30.3 Å². The second-order valence-electron chi connectivity index (χ2n) is 7.02. The van der Waals surface area contributed by atoms with Crippen molar-refractivity contribution in [3.63, 3.8) is 0 Å². The zero-order chi connectivity index (χ0) is 20.4. The van der Waals surface area contributed by atoms with Gasteiger partial charge in [-0.3, -0.25) is 4.55 Å². The fraction of sp³-hybridized carbons (Fsp3) is 0.455. The standard InChI is InChI=1S/C22H30O5S/c1-2-3-4-5-6-7-8-10-13-18-16-17-20(28(24,25)26)21(23)22(18)27-19-14-11-9-12-15-19/h9,11-12,14-17,23H,2-8,10,13H2,1H3,(H,24,25,26). The lowest BCUT2D eigenvalue weighted by molar-refractivity contribution is 0.391. The second-order valence-corrected chi connectivity index (χ2v) is 8.41. The highest BCUT2D eigenvalue weighted by Crippen LogP contribution is 2.40. The number of hydrogen-bond donors (Lipinski definition) is 2. The fourth-order valence-corrected chi connectivity index (χ4v) is 3.75. The second kappa shape index (κ2) is 11.1. The van der Waals surface area contributed by atoms with E-state index in [1.807, 2.05) is 6.07 Å². The van der Waals surface area contributed by atoms with Crippen LogP contribution in [0.15, 0.2) is 47.4 Å². The lowest BCUT2D eigenvalue weighted by atomic mass is 10.0. The maximum Gasteiger partial charge on any atom is 0.298 e. The van der Waals surface area contributed by atoms with Crippen LogP contribution < -0.4 is 4.74 Å². The highest BCUT2D eigenvalue weighted by Gasteiger charge is 2.22. The predicted octanol–water partition coefficient (Wildman–Crippen LogP) is 6.11. The van der Waals surface area contributed by atoms with E-state index in [4.69, 9.17) is 4.74 Å². The van der Waals surface area contributed by atoms with Crippen LogP contribution in [0.25, 0.3) is 0 Å². The molecule has 0 aliphatic heterocycles. The zero-order valence-electron chi connectivity index (χ0n) is 16.4. The van der Waals surface area contributed by atoms with Gasteiger partial charge in [0, 0.05) is 0 Å². The van der Waals surface area contributed by atoms with E-state index in [2.05, 4.69) is 6.92 Å². The molecule has 2 N–H and O–H groups in total. The van der Waals surface area contributed by atoms with Crippen LogP contribution in [-0.2, 0) is 16.5 Å². The summed E-state index contributed by atoms with van der Waals surface area (Å²) in [5.74, 6) is 0.0233. The summed E-state index contributed by atoms with van der Waals surface area (Å²) in [6.07, 6.45) is 10.1. The molecule has 28 heavy (non-hydrogen) atoms. The van der Waals surface area contributed by atoms with Crippen molar-refractivity contribution < 1.29 is 22.8 Å². The molecule has 0 saturated heterocycles. The Bertz CT molecular complexity index is 832. The molecule has 0 aliphatic rings. The van der Waals surface area contributed by atoms with Gasteiger partial charge in [-0.1, -0.05) is 76.1 Å². The molecule has 0 fully saturated rings. The minimum Gasteiger partial charge on any atom is -0.503 e. The number of benzene rings is 2. The molecule has 0 atom stereocenters. The Kier molecular flexibility index (Phi) is 8.80. The summed E-state index contributed by atoms with van der Waals surface area (Å²) in [5, 5.41) is 10.4. The third-order valence-electron chi connectivity index (χ3n) is 4.72. The Morgan fingerprint density at radius 3 is 2.07 bits per heavy atom. The molecular weight excluding hydrogens is 376 g/mol. The first-order chi connectivity index (χ1) is 13.4. The molecule has 0 unspecified atom stereocenters. The Hall–Kier alpha value is -2.05. The molecule has 5 nitrogen and oxygen atoms in total. The smallest absolute Gasteiger partial charge is 0.298 e. The molecule has 0 amide bonds. The maximum atomic E-state index is 11.5. The molecule has 154 valence electrons. The van der Waals surface area contributed by atoms with Gasteiger partial charge < -0.3 is 9.84 Å². The SMILES string of the molecule is CCCCCCCCCCc1ccc(S(=O)(=O)O)c(O)c1Oc1ccccc1. The van der Waals surface area contributed by atoms with Crippen LogP contribution in [-0.4, -0.2) is 18.1 Å². The molecule has 0 aliphatic carbocycles. The predicted molar refractivity (Wildman–Crippen MR) is 111 cm³/mol. The van der Waals surface area contributed by atoms with Gasteiger partial charge in [0.2, 0.25) is 0 Å². The number of ether oxygens (including phenoxy) is 1. The first-order valence-corrected chi connectivity index (χ1v) is 11.4. The quantitative estimate of drug-likeness (QED) is 0.328. The molecular formula is C22H30O5S. The summed E-state index contributed by atoms with van der Waals surface area (Å²) in [6.45, 7) is 2.21. The fourth-order valence-electron chi connectivity index (χ4n) is 3.17. The van der Waals surface area contributed by atoms with Gasteiger partial charge in [0.25, 0.3) is 10.1 Å². The van der Waals surface area contributed by atoms with E-state index in [0.717, 1.165) is 24.8 Å². The van der Waals surface area contributed by atoms with Gasteiger partial charge in [-0.15, -0.1) is 0 Å². The van der Waals surface area contributed by atoms with E-state index in [9.17, 15) is 18.1 Å². The monoisotopic (exact) mass is 406 g/mol. The minimum atomic E-state index is -4.54. The summed E-state index contributed by atoms with van der Waals surface area (Å²) in [5.41, 5.74) is 0.722. The molecule has 2 rings (SSSR count). The van der Waals surface area contributed by atoms with Gasteiger partial charge in [-0.05, 0) is 36.6 Å². The van der Waals surface area contributed by atoms with Crippen molar-refractivity contribution in [3.05, 3.63) is 48.0 Å². The van der Waals surface area contributed by atoms with Crippen molar-refractivity contribution >= 4 is 10.1 Å². The van der Waals surface area contributed by atoms with Gasteiger partial charge in [0.05, 0.1) is 0 Å². The average Bonchev–Trinajstić information content (AvgIpc) is 2.66. The molecule has 0 spiro atoms. The first kappa shape index (κ1) is 22.2. The largest absolute Gasteiger partial charge is 0.503 e. The first-order valence-electron chi connectivity index (χ1n) is 9.98. The number of rotatable bonds is 12. The van der Waals surface area contributed by atoms with Gasteiger partial charge in [0.1, 0.15) is 10.6 Å². The maximum absolute atomic E-state index is 11.5. The lowest BCUT2D eigenvalue weighted by Gasteiger charge is -2.15. The summed E-state index contributed by atoms with van der Waals surface area (Å²) < 4.78 is 38.1. The summed E-state index contributed by atoms with van der Waals surface area (Å²) >= 11 is 0. The van der Waals surface area contributed by atoms with Crippen LogP contribution in [0.1, 0.15) is 63.9 Å². The van der Waals surface area contributed by atoms with E-state index < -0.39 is 20.8 Å². The molecule has 0 radical (unpaired) electrons. The molecule has 0 heterocycles. The van der Waals surface area contributed by atoms with E-state index in [0.29, 0.717) is 12.2 Å². The Balaban J connectivity index is 2.07. The van der Waals surface area contributed by atoms with Gasteiger partial charge in [-0.2, -0.15) is 8.42 Å². The van der Waals surface area contributed by atoms with Crippen LogP contribution in [0.3, 0.4) is 0 Å². The average molecular weight is 407 g/mol. The molecule has 2 aromatic carbocycles. The molecule has 0 saturated carbocycles. The molecule has 0 bridgehead atoms. The Morgan fingerprint density at radius 1 is 0.857 bits per heavy atom. The van der Waals surface area contributed by atoms with Gasteiger partial charge in [-0.25, -0.2) is 0 Å². The highest BCUT2D eigenvalue weighted by atomic mass is 32.2. The summed E-state index contributed by atoms with van der Waals surface area (Å²) in [6, 6.07) is 11.7. The van der Waals surface area contributed by atoms with E-state index in [-0.39, 0.29) is 5.75 Å². The van der Waals surface area contributed by atoms with Crippen molar-refractivity contribution in [1.29, 1.82) is 0 Å². The third-order valence-corrected chi connectivity index (χ3v) is 5.60. The van der Waals surface area contributed by atoms with Crippen LogP contribution in [0.4, 0.5) is 0 Å². The topological polar surface area (TPSA) is 83.8 Å². The normalized spacial score (nSPS) is 11.5. The summed E-state index contributed by atoms with van der Waals surface area (Å²) in [4.78, 5) is -0.543. The zero-order valence-corrected chi connectivity index (χ0v) is 17.2. The van der Waals surface area contributed by atoms with Crippen LogP contribution in [0.5, 0.6) is 17.2 Å². The molecule has 2 aromatic rings. The van der Waals surface area contributed by atoms with E-state index in [1.165, 1.54) is 38.2 Å². The number of unbranched alkanes of at least 4 members (excludes halogenated alkanes) is 7. The van der Waals surface area contributed by atoms with Gasteiger partial charge >= 0.3 is 0 Å². The minimum absolute atomic E-state index is 0.0873. The van der Waals surface area contributed by atoms with Crippen molar-refractivity contribution in [1.82, 2.24) is 0 Å². The van der Waals surface area contributed by atoms with E-state index >= 15 is 0 Å². The summed E-state index contributed by atoms with van der Waals surface area (Å²) in [7, 11) is -4.54. The van der Waals surface area contributed by atoms with Gasteiger partial charge in [0.15, 0.2) is 11.5 Å². The number of phenols is 1. The lowest BCUT2D eigenvalue weighted by Crippen LogP contribution is -2.02. The van der Waals surface area contributed by atoms with Crippen LogP contribution in [0.2, 0.25) is 0 Å². The molecule has 6 heteroatoms. The highest BCUT2D eigenvalue weighted by molar-refractivity contribution is 7.86. The molecule has 0 aromatic heterocycles.